The summed E-state index contributed by atoms with van der Waals surface area (Å²) in [7, 11) is -3.66. The topological polar surface area (TPSA) is 70.6 Å². The summed E-state index contributed by atoms with van der Waals surface area (Å²) in [5.74, 6) is -0.0670. The maximum Gasteiger partial charge on any atom is 0.253 e. The average molecular weight is 395 g/mol. The van der Waals surface area contributed by atoms with E-state index >= 15 is 0 Å². The molecule has 28 heavy (non-hydrogen) atoms. The molecule has 0 N–H and O–H groups in total. The van der Waals surface area contributed by atoms with E-state index in [4.69, 9.17) is 0 Å². The fourth-order valence-corrected chi connectivity index (χ4v) is 5.15. The minimum Gasteiger partial charge on any atom is -0.336 e. The maximum absolute atomic E-state index is 13.3. The molecular weight excluding hydrogens is 374 g/mol. The van der Waals surface area contributed by atoms with Gasteiger partial charge in [0.2, 0.25) is 10.0 Å². The van der Waals surface area contributed by atoms with Gasteiger partial charge >= 0.3 is 0 Å². The van der Waals surface area contributed by atoms with Crippen LogP contribution in [0.3, 0.4) is 0 Å². The lowest BCUT2D eigenvalue weighted by atomic mass is 10.1. The number of hydrogen-bond donors (Lipinski definition) is 0. The third-order valence-corrected chi connectivity index (χ3v) is 7.05. The number of pyridine rings is 1. The number of aromatic nitrogens is 1. The van der Waals surface area contributed by atoms with Crippen molar-refractivity contribution in [2.75, 3.05) is 26.2 Å². The van der Waals surface area contributed by atoms with Gasteiger partial charge in [-0.1, -0.05) is 24.3 Å². The Morgan fingerprint density at radius 1 is 0.929 bits per heavy atom. The summed E-state index contributed by atoms with van der Waals surface area (Å²) in [6.45, 7) is 3.21. The molecule has 7 heteroatoms. The zero-order valence-electron chi connectivity index (χ0n) is 15.6. The van der Waals surface area contributed by atoms with E-state index in [0.29, 0.717) is 29.6 Å². The zero-order valence-corrected chi connectivity index (χ0v) is 16.4. The smallest absolute Gasteiger partial charge is 0.253 e. The van der Waals surface area contributed by atoms with Crippen LogP contribution >= 0.6 is 0 Å². The molecule has 0 aliphatic carbocycles. The number of benzene rings is 2. The highest BCUT2D eigenvalue weighted by molar-refractivity contribution is 7.89. The number of sulfonamides is 1. The lowest BCUT2D eigenvalue weighted by Crippen LogP contribution is -2.50. The normalized spacial score (nSPS) is 15.7. The van der Waals surface area contributed by atoms with Crippen LogP contribution in [0.4, 0.5) is 0 Å². The molecule has 1 aliphatic heterocycles. The summed E-state index contributed by atoms with van der Waals surface area (Å²) in [4.78, 5) is 18.9. The van der Waals surface area contributed by atoms with Crippen LogP contribution in [0.2, 0.25) is 0 Å². The van der Waals surface area contributed by atoms with E-state index < -0.39 is 10.0 Å². The molecule has 6 nitrogen and oxygen atoms in total. The van der Waals surface area contributed by atoms with Crippen LogP contribution in [0.5, 0.6) is 0 Å². The molecule has 3 aromatic rings. The Balaban J connectivity index is 1.56. The first kappa shape index (κ1) is 18.6. The van der Waals surface area contributed by atoms with Gasteiger partial charge in [0.1, 0.15) is 0 Å². The SMILES string of the molecule is Cc1ccc(S(=O)(=O)N2CCN(C(=O)c3ccccc3)CC2)c2cccnc12. The van der Waals surface area contributed by atoms with Gasteiger partial charge in [-0.3, -0.25) is 9.78 Å². The summed E-state index contributed by atoms with van der Waals surface area (Å²) in [6, 6.07) is 16.0. The van der Waals surface area contributed by atoms with Crippen molar-refractivity contribution < 1.29 is 13.2 Å². The summed E-state index contributed by atoms with van der Waals surface area (Å²) >= 11 is 0. The van der Waals surface area contributed by atoms with Crippen molar-refractivity contribution in [3.05, 3.63) is 71.9 Å². The first-order valence-corrected chi connectivity index (χ1v) is 10.6. The molecular formula is C21H21N3O3S. The van der Waals surface area contributed by atoms with Gasteiger partial charge in [0.05, 0.1) is 10.4 Å². The molecule has 2 aromatic carbocycles. The summed E-state index contributed by atoms with van der Waals surface area (Å²) in [5, 5.41) is 0.630. The highest BCUT2D eigenvalue weighted by Crippen LogP contribution is 2.27. The number of carbonyl (C=O) groups excluding carboxylic acids is 1. The van der Waals surface area contributed by atoms with E-state index in [9.17, 15) is 13.2 Å². The Hall–Kier alpha value is -2.77. The Morgan fingerprint density at radius 3 is 2.36 bits per heavy atom. The molecule has 1 aliphatic rings. The zero-order chi connectivity index (χ0) is 19.7. The van der Waals surface area contributed by atoms with Crippen molar-refractivity contribution in [1.82, 2.24) is 14.2 Å². The van der Waals surface area contributed by atoms with Crippen LogP contribution in [-0.4, -0.2) is 54.7 Å². The quantitative estimate of drug-likeness (QED) is 0.684. The fraction of sp³-hybridized carbons (Fsp3) is 0.238. The van der Waals surface area contributed by atoms with Gasteiger partial charge in [0.15, 0.2) is 0 Å². The monoisotopic (exact) mass is 395 g/mol. The Kier molecular flexibility index (Phi) is 4.87. The number of fused-ring (bicyclic) bond motifs is 1. The fourth-order valence-electron chi connectivity index (χ4n) is 3.55. The van der Waals surface area contributed by atoms with E-state index in [0.717, 1.165) is 5.56 Å². The van der Waals surface area contributed by atoms with Crippen LogP contribution < -0.4 is 0 Å². The molecule has 144 valence electrons. The first-order valence-electron chi connectivity index (χ1n) is 9.17. The van der Waals surface area contributed by atoms with Crippen molar-refractivity contribution in [3.63, 3.8) is 0 Å². The highest BCUT2D eigenvalue weighted by atomic mass is 32.2. The third-order valence-electron chi connectivity index (χ3n) is 5.10. The van der Waals surface area contributed by atoms with Gasteiger partial charge < -0.3 is 4.90 Å². The van der Waals surface area contributed by atoms with Crippen molar-refractivity contribution in [2.45, 2.75) is 11.8 Å². The average Bonchev–Trinajstić information content (AvgIpc) is 2.74. The Bertz CT molecular complexity index is 1120. The molecule has 0 unspecified atom stereocenters. The van der Waals surface area contributed by atoms with Crippen molar-refractivity contribution in [3.8, 4) is 0 Å². The first-order chi connectivity index (χ1) is 13.5. The standard InChI is InChI=1S/C21H21N3O3S/c1-16-9-10-19(18-8-5-11-22-20(16)18)28(26,27)24-14-12-23(13-15-24)21(25)17-6-3-2-4-7-17/h2-11H,12-15H2,1H3. The van der Waals surface area contributed by atoms with Gasteiger partial charge in [-0.05, 0) is 42.8 Å². The van der Waals surface area contributed by atoms with Crippen LogP contribution in [0.25, 0.3) is 10.9 Å². The molecule has 1 saturated heterocycles. The van der Waals surface area contributed by atoms with Gasteiger partial charge in [-0.2, -0.15) is 4.31 Å². The second kappa shape index (κ2) is 7.33. The van der Waals surface area contributed by atoms with Gasteiger partial charge in [0.25, 0.3) is 5.91 Å². The minimum absolute atomic E-state index is 0.0670. The van der Waals surface area contributed by atoms with Crippen molar-refractivity contribution in [2.24, 2.45) is 0 Å². The molecule has 0 spiro atoms. The van der Waals surface area contributed by atoms with Crippen molar-refractivity contribution in [1.29, 1.82) is 0 Å². The predicted molar refractivity (Wildman–Crippen MR) is 108 cm³/mol. The van der Waals surface area contributed by atoms with Crippen LogP contribution in [-0.2, 0) is 10.0 Å². The number of amides is 1. The number of hydrogen-bond acceptors (Lipinski definition) is 4. The second-order valence-electron chi connectivity index (χ2n) is 6.84. The number of nitrogens with zero attached hydrogens (tertiary/aromatic N) is 3. The lowest BCUT2D eigenvalue weighted by Gasteiger charge is -2.34. The van der Waals surface area contributed by atoms with Crippen LogP contribution in [0, 0.1) is 6.92 Å². The molecule has 4 rings (SSSR count). The maximum atomic E-state index is 13.3. The van der Waals surface area contributed by atoms with E-state index in [1.165, 1.54) is 4.31 Å². The van der Waals surface area contributed by atoms with E-state index in [1.807, 2.05) is 25.1 Å². The number of carbonyl (C=O) groups is 1. The van der Waals surface area contributed by atoms with Crippen LogP contribution in [0.1, 0.15) is 15.9 Å². The molecule has 1 fully saturated rings. The Morgan fingerprint density at radius 2 is 1.64 bits per heavy atom. The van der Waals surface area contributed by atoms with Gasteiger partial charge in [-0.15, -0.1) is 0 Å². The third kappa shape index (κ3) is 3.27. The minimum atomic E-state index is -3.66. The predicted octanol–water partition coefficient (Wildman–Crippen LogP) is 2.69. The molecule has 0 bridgehead atoms. The molecule has 0 atom stereocenters. The van der Waals surface area contributed by atoms with Gasteiger partial charge in [-0.25, -0.2) is 8.42 Å². The highest BCUT2D eigenvalue weighted by Gasteiger charge is 2.31. The lowest BCUT2D eigenvalue weighted by molar-refractivity contribution is 0.0698. The van der Waals surface area contributed by atoms with Gasteiger partial charge in [0, 0.05) is 43.3 Å². The number of aryl methyl sites for hydroxylation is 1. The van der Waals surface area contributed by atoms with E-state index in [1.54, 1.807) is 47.5 Å². The van der Waals surface area contributed by atoms with E-state index in [2.05, 4.69) is 4.98 Å². The van der Waals surface area contributed by atoms with Crippen LogP contribution in [0.15, 0.2) is 65.7 Å². The number of rotatable bonds is 3. The molecule has 0 radical (unpaired) electrons. The van der Waals surface area contributed by atoms with Crippen molar-refractivity contribution >= 4 is 26.8 Å². The number of piperazine rings is 1. The Labute approximate surface area is 164 Å². The molecule has 1 amide bonds. The van der Waals surface area contributed by atoms with E-state index in [-0.39, 0.29) is 23.9 Å². The molecule has 1 aromatic heterocycles. The molecule has 0 saturated carbocycles. The molecule has 2 heterocycles. The largest absolute Gasteiger partial charge is 0.336 e. The summed E-state index contributed by atoms with van der Waals surface area (Å²) in [6.07, 6.45) is 1.67. The summed E-state index contributed by atoms with van der Waals surface area (Å²) in [5.41, 5.74) is 2.25. The summed E-state index contributed by atoms with van der Waals surface area (Å²) < 4.78 is 28.0. The second-order valence-corrected chi connectivity index (χ2v) is 8.75.